The van der Waals surface area contributed by atoms with E-state index in [2.05, 4.69) is 22.0 Å². The first-order valence-corrected chi connectivity index (χ1v) is 14.4. The van der Waals surface area contributed by atoms with Crippen molar-refractivity contribution >= 4 is 46.4 Å². The minimum absolute atomic E-state index is 0.0503. The number of nitrogens with two attached hydrogens (primary N) is 3. The Balaban J connectivity index is 0.000000151. The summed E-state index contributed by atoms with van der Waals surface area (Å²) in [6.45, 7) is 2.05. The van der Waals surface area contributed by atoms with Crippen LogP contribution in [0.2, 0.25) is 5.02 Å². The summed E-state index contributed by atoms with van der Waals surface area (Å²) in [6, 6.07) is 9.21. The van der Waals surface area contributed by atoms with Crippen LogP contribution in [0.3, 0.4) is 0 Å². The molecule has 0 saturated heterocycles. The number of anilines is 3. The van der Waals surface area contributed by atoms with Gasteiger partial charge in [0.1, 0.15) is 17.5 Å². The second-order valence-electron chi connectivity index (χ2n) is 10.9. The molecule has 3 unspecified atom stereocenters. The highest BCUT2D eigenvalue weighted by molar-refractivity contribution is 6.30. The van der Waals surface area contributed by atoms with Crippen molar-refractivity contribution in [3.05, 3.63) is 87.2 Å². The Bertz CT molecular complexity index is 1510. The molecule has 0 radical (unpaired) electrons. The van der Waals surface area contributed by atoms with Gasteiger partial charge >= 0.3 is 0 Å². The van der Waals surface area contributed by atoms with Crippen LogP contribution in [-0.2, 0) is 33.6 Å². The summed E-state index contributed by atoms with van der Waals surface area (Å²) in [7, 11) is 0. The third-order valence-corrected chi connectivity index (χ3v) is 7.69. The molecule has 3 aromatic carbocycles. The van der Waals surface area contributed by atoms with Crippen LogP contribution in [0.1, 0.15) is 41.5 Å². The molecule has 0 aliphatic carbocycles. The van der Waals surface area contributed by atoms with Gasteiger partial charge in [0.25, 0.3) is 0 Å². The Morgan fingerprint density at radius 3 is 1.70 bits per heavy atom. The van der Waals surface area contributed by atoms with Gasteiger partial charge in [0.2, 0.25) is 17.7 Å². The minimum Gasteiger partial charge on any atom is -0.324 e. The van der Waals surface area contributed by atoms with Gasteiger partial charge in [-0.25, -0.2) is 13.2 Å². The predicted octanol–water partition coefficient (Wildman–Crippen LogP) is 4.07. The highest BCUT2D eigenvalue weighted by atomic mass is 35.5. The van der Waals surface area contributed by atoms with Crippen molar-refractivity contribution in [3.63, 3.8) is 0 Å². The zero-order valence-electron chi connectivity index (χ0n) is 24.0. The molecule has 0 saturated carbocycles. The third kappa shape index (κ3) is 8.14. The molecule has 3 amide bonds. The molecule has 0 spiro atoms. The lowest BCUT2D eigenvalue weighted by Gasteiger charge is -2.08. The molecule has 13 heteroatoms. The number of benzene rings is 3. The lowest BCUT2D eigenvalue weighted by Crippen LogP contribution is -2.34. The molecule has 0 fully saturated rings. The Labute approximate surface area is 257 Å². The molecule has 3 aliphatic heterocycles. The average Bonchev–Trinajstić information content (AvgIpc) is 3.28. The number of halogens is 4. The van der Waals surface area contributed by atoms with E-state index in [-0.39, 0.29) is 29.2 Å². The first-order chi connectivity index (χ1) is 20.8. The zero-order valence-corrected chi connectivity index (χ0v) is 24.7. The number of hydrogen-bond acceptors (Lipinski definition) is 6. The van der Waals surface area contributed by atoms with E-state index in [9.17, 15) is 27.6 Å². The fourth-order valence-electron chi connectivity index (χ4n) is 4.96. The molecule has 44 heavy (non-hydrogen) atoms. The van der Waals surface area contributed by atoms with E-state index in [1.54, 1.807) is 6.07 Å². The zero-order chi connectivity index (χ0) is 32.1. The van der Waals surface area contributed by atoms with Crippen molar-refractivity contribution in [1.29, 1.82) is 0 Å². The second kappa shape index (κ2) is 14.2. The molecule has 3 aromatic rings. The number of aryl methyl sites for hydroxylation is 4. The SMILES string of the molecule is Cc1ccc2c(c1)CCC(N)C(=O)N2.NC1CCc2cc(Cl)cc(F)c2NC1=O.NC1CCc2cc(F)cc(F)c2NC1=O. The lowest BCUT2D eigenvalue weighted by molar-refractivity contribution is -0.118. The van der Waals surface area contributed by atoms with E-state index in [0.29, 0.717) is 41.8 Å². The summed E-state index contributed by atoms with van der Waals surface area (Å²) in [6.07, 6.45) is 3.43. The van der Waals surface area contributed by atoms with E-state index in [1.165, 1.54) is 23.3 Å². The molecular formula is C31H34ClF3N6O3. The van der Waals surface area contributed by atoms with E-state index in [1.807, 2.05) is 19.1 Å². The highest BCUT2D eigenvalue weighted by Crippen LogP contribution is 2.29. The number of rotatable bonds is 0. The Morgan fingerprint density at radius 2 is 1.14 bits per heavy atom. The van der Waals surface area contributed by atoms with Gasteiger partial charge in [0.05, 0.1) is 29.5 Å². The standard InChI is InChI=1S/C11H14N2O.C10H10ClFN2O.C10H10F2N2O/c1-7-2-5-10-8(6-7)3-4-9(12)11(14)13-10;2*11-6-3-5-1-2-8(13)10(15)14-9(5)7(12)4-6/h2,5-6,9H,3-4,12H2,1H3,(H,13,14);2*3-4,8H,1-2,13H2,(H,14,15). The normalized spacial score (nSPS) is 20.6. The van der Waals surface area contributed by atoms with Crippen molar-refractivity contribution in [3.8, 4) is 0 Å². The van der Waals surface area contributed by atoms with Crippen LogP contribution in [0.4, 0.5) is 30.2 Å². The van der Waals surface area contributed by atoms with Gasteiger partial charge in [-0.05, 0) is 86.4 Å². The lowest BCUT2D eigenvalue weighted by atomic mass is 10.0. The van der Waals surface area contributed by atoms with Crippen LogP contribution in [0.15, 0.2) is 42.5 Å². The second-order valence-corrected chi connectivity index (χ2v) is 11.3. The summed E-state index contributed by atoms with van der Waals surface area (Å²) < 4.78 is 39.7. The molecular weight excluding hydrogens is 597 g/mol. The molecule has 6 rings (SSSR count). The molecule has 3 aliphatic rings. The van der Waals surface area contributed by atoms with Crippen molar-refractivity contribution in [1.82, 2.24) is 0 Å². The maximum absolute atomic E-state index is 13.5. The fraction of sp³-hybridized carbons (Fsp3) is 0.323. The first-order valence-electron chi connectivity index (χ1n) is 14.1. The number of amides is 3. The number of carbonyl (C=O) groups excluding carboxylic acids is 3. The van der Waals surface area contributed by atoms with Crippen LogP contribution in [-0.4, -0.2) is 35.8 Å². The van der Waals surface area contributed by atoms with E-state index < -0.39 is 35.4 Å². The van der Waals surface area contributed by atoms with Crippen LogP contribution >= 0.6 is 11.6 Å². The van der Waals surface area contributed by atoms with Gasteiger partial charge in [-0.1, -0.05) is 29.3 Å². The first kappa shape index (κ1) is 32.9. The largest absolute Gasteiger partial charge is 0.324 e. The van der Waals surface area contributed by atoms with Crippen LogP contribution in [0.5, 0.6) is 0 Å². The average molecular weight is 631 g/mol. The maximum Gasteiger partial charge on any atom is 0.241 e. The quantitative estimate of drug-likeness (QED) is 0.219. The predicted molar refractivity (Wildman–Crippen MR) is 164 cm³/mol. The molecule has 3 atom stereocenters. The monoisotopic (exact) mass is 630 g/mol. The third-order valence-electron chi connectivity index (χ3n) is 7.47. The van der Waals surface area contributed by atoms with Gasteiger partial charge in [-0.2, -0.15) is 0 Å². The van der Waals surface area contributed by atoms with Gasteiger partial charge in [-0.3, -0.25) is 14.4 Å². The van der Waals surface area contributed by atoms with Crippen molar-refractivity contribution < 1.29 is 27.6 Å². The van der Waals surface area contributed by atoms with Crippen LogP contribution < -0.4 is 33.2 Å². The molecule has 0 bridgehead atoms. The summed E-state index contributed by atoms with van der Waals surface area (Å²) in [5.41, 5.74) is 21.5. The highest BCUT2D eigenvalue weighted by Gasteiger charge is 2.24. The Kier molecular flexibility index (Phi) is 10.6. The molecule has 9 N–H and O–H groups in total. The molecule has 234 valence electrons. The van der Waals surface area contributed by atoms with E-state index >= 15 is 0 Å². The maximum atomic E-state index is 13.5. The smallest absolute Gasteiger partial charge is 0.241 e. The summed E-state index contributed by atoms with van der Waals surface area (Å²) in [4.78, 5) is 34.1. The van der Waals surface area contributed by atoms with Gasteiger partial charge in [-0.15, -0.1) is 0 Å². The summed E-state index contributed by atoms with van der Waals surface area (Å²) in [5.74, 6) is -2.77. The van der Waals surface area contributed by atoms with Crippen LogP contribution in [0.25, 0.3) is 0 Å². The number of hydrogen-bond donors (Lipinski definition) is 6. The van der Waals surface area contributed by atoms with Crippen molar-refractivity contribution in [2.75, 3.05) is 16.0 Å². The Morgan fingerprint density at radius 1 is 0.659 bits per heavy atom. The summed E-state index contributed by atoms with van der Waals surface area (Å²) >= 11 is 5.72. The van der Waals surface area contributed by atoms with E-state index in [0.717, 1.165) is 24.6 Å². The number of nitrogens with one attached hydrogen (secondary N) is 3. The molecule has 9 nitrogen and oxygen atoms in total. The fourth-order valence-corrected chi connectivity index (χ4v) is 5.19. The molecule has 3 heterocycles. The molecule has 0 aromatic heterocycles. The van der Waals surface area contributed by atoms with Crippen molar-refractivity contribution in [2.45, 2.75) is 63.6 Å². The Hall–Kier alpha value is -3.97. The van der Waals surface area contributed by atoms with Crippen molar-refractivity contribution in [2.24, 2.45) is 17.2 Å². The van der Waals surface area contributed by atoms with E-state index in [4.69, 9.17) is 28.8 Å². The number of carbonyl (C=O) groups is 3. The minimum atomic E-state index is -0.757. The summed E-state index contributed by atoms with van der Waals surface area (Å²) in [5, 5.41) is 8.00. The van der Waals surface area contributed by atoms with Gasteiger partial charge < -0.3 is 33.2 Å². The van der Waals surface area contributed by atoms with Gasteiger partial charge in [0, 0.05) is 16.8 Å². The van der Waals surface area contributed by atoms with Crippen LogP contribution in [0, 0.1) is 24.4 Å². The number of fused-ring (bicyclic) bond motifs is 3. The van der Waals surface area contributed by atoms with Gasteiger partial charge in [0.15, 0.2) is 0 Å². The topological polar surface area (TPSA) is 165 Å².